The number of carbonyl (C=O) groups excluding carboxylic acids is 2. The molecule has 1 N–H and O–H groups in total. The maximum atomic E-state index is 12.4. The molecule has 142 valence electrons. The van der Waals surface area contributed by atoms with Gasteiger partial charge in [-0.15, -0.1) is 0 Å². The lowest BCUT2D eigenvalue weighted by Gasteiger charge is -2.33. The highest BCUT2D eigenvalue weighted by atomic mass is 35.5. The molecule has 1 aromatic rings. The summed E-state index contributed by atoms with van der Waals surface area (Å²) in [5.41, 5.74) is 1.10. The van der Waals surface area contributed by atoms with Crippen LogP contribution in [-0.2, 0) is 16.0 Å². The minimum atomic E-state index is 0.196. The van der Waals surface area contributed by atoms with Gasteiger partial charge in [-0.2, -0.15) is 0 Å². The van der Waals surface area contributed by atoms with Crippen LogP contribution < -0.4 is 5.32 Å². The topological polar surface area (TPSA) is 49.4 Å². The molecule has 0 bridgehead atoms. The predicted octanol–water partition coefficient (Wildman–Crippen LogP) is 3.96. The van der Waals surface area contributed by atoms with Gasteiger partial charge in [0.2, 0.25) is 11.8 Å². The van der Waals surface area contributed by atoms with Gasteiger partial charge in [0, 0.05) is 36.5 Å². The van der Waals surface area contributed by atoms with E-state index in [9.17, 15) is 9.59 Å². The second-order valence-corrected chi connectivity index (χ2v) is 8.06. The third-order valence-corrected chi connectivity index (χ3v) is 5.92. The number of benzene rings is 1. The van der Waals surface area contributed by atoms with Crippen LogP contribution in [0.2, 0.25) is 5.02 Å². The first kappa shape index (κ1) is 19.2. The zero-order chi connectivity index (χ0) is 18.4. The summed E-state index contributed by atoms with van der Waals surface area (Å²) < 4.78 is 0. The molecule has 0 unspecified atom stereocenters. The summed E-state index contributed by atoms with van der Waals surface area (Å²) in [4.78, 5) is 26.7. The first-order valence-electron chi connectivity index (χ1n) is 9.94. The van der Waals surface area contributed by atoms with Crippen LogP contribution in [-0.4, -0.2) is 35.8 Å². The normalized spacial score (nSPS) is 19.3. The molecule has 0 radical (unpaired) electrons. The predicted molar refractivity (Wildman–Crippen MR) is 104 cm³/mol. The van der Waals surface area contributed by atoms with E-state index in [-0.39, 0.29) is 23.8 Å². The molecule has 0 spiro atoms. The van der Waals surface area contributed by atoms with E-state index in [0.29, 0.717) is 11.4 Å². The second-order valence-electron chi connectivity index (χ2n) is 7.63. The van der Waals surface area contributed by atoms with Crippen LogP contribution in [0, 0.1) is 5.92 Å². The number of likely N-dealkylation sites (tertiary alicyclic amines) is 1. The van der Waals surface area contributed by atoms with Crippen molar-refractivity contribution in [3.63, 3.8) is 0 Å². The van der Waals surface area contributed by atoms with E-state index in [1.807, 2.05) is 29.2 Å². The van der Waals surface area contributed by atoms with Crippen LogP contribution in [0.1, 0.15) is 56.9 Å². The van der Waals surface area contributed by atoms with E-state index < -0.39 is 0 Å². The van der Waals surface area contributed by atoms with Gasteiger partial charge in [0.1, 0.15) is 0 Å². The Labute approximate surface area is 161 Å². The summed E-state index contributed by atoms with van der Waals surface area (Å²) in [7, 11) is 0. The van der Waals surface area contributed by atoms with Gasteiger partial charge in [0.25, 0.3) is 0 Å². The van der Waals surface area contributed by atoms with E-state index >= 15 is 0 Å². The molecule has 1 saturated heterocycles. The van der Waals surface area contributed by atoms with Crippen LogP contribution in [0.3, 0.4) is 0 Å². The molecule has 0 atom stereocenters. The van der Waals surface area contributed by atoms with Gasteiger partial charge in [-0.1, -0.05) is 43.0 Å². The smallest absolute Gasteiger partial charge is 0.223 e. The lowest BCUT2D eigenvalue weighted by Crippen LogP contribution is -2.48. The highest BCUT2D eigenvalue weighted by molar-refractivity contribution is 6.30. The number of carbonyl (C=O) groups is 2. The summed E-state index contributed by atoms with van der Waals surface area (Å²) >= 11 is 5.99. The van der Waals surface area contributed by atoms with Crippen LogP contribution in [0.4, 0.5) is 0 Å². The average molecular weight is 377 g/mol. The number of nitrogens with zero attached hydrogens (tertiary/aromatic N) is 1. The van der Waals surface area contributed by atoms with Crippen molar-refractivity contribution < 1.29 is 9.59 Å². The molecule has 3 rings (SSSR count). The lowest BCUT2D eigenvalue weighted by molar-refractivity contribution is -0.132. The van der Waals surface area contributed by atoms with E-state index in [4.69, 9.17) is 11.6 Å². The second kappa shape index (κ2) is 9.40. The van der Waals surface area contributed by atoms with Crippen molar-refractivity contribution in [1.82, 2.24) is 10.2 Å². The van der Waals surface area contributed by atoms with Crippen molar-refractivity contribution in [3.8, 4) is 0 Å². The van der Waals surface area contributed by atoms with Crippen LogP contribution in [0.25, 0.3) is 0 Å². The Hall–Kier alpha value is -1.55. The maximum absolute atomic E-state index is 12.4. The number of amides is 2. The first-order valence-corrected chi connectivity index (χ1v) is 10.3. The van der Waals surface area contributed by atoms with E-state index in [0.717, 1.165) is 50.8 Å². The van der Waals surface area contributed by atoms with Gasteiger partial charge in [0.05, 0.1) is 0 Å². The molecule has 1 saturated carbocycles. The molecule has 1 aliphatic heterocycles. The number of piperidine rings is 1. The first-order chi connectivity index (χ1) is 12.6. The molecular formula is C21H29ClN2O2. The summed E-state index contributed by atoms with van der Waals surface area (Å²) in [5, 5.41) is 3.93. The molecule has 1 aliphatic carbocycles. The molecule has 2 amide bonds. The van der Waals surface area contributed by atoms with Gasteiger partial charge in [-0.05, 0) is 49.8 Å². The van der Waals surface area contributed by atoms with E-state index in [2.05, 4.69) is 5.32 Å². The van der Waals surface area contributed by atoms with E-state index in [1.165, 1.54) is 19.3 Å². The Morgan fingerprint density at radius 2 is 1.81 bits per heavy atom. The quantitative estimate of drug-likeness (QED) is 0.845. The largest absolute Gasteiger partial charge is 0.353 e. The minimum Gasteiger partial charge on any atom is -0.353 e. The SMILES string of the molecule is O=C(NC1CCN(C(=O)CCc2cccc(Cl)c2)CC1)C1CCCCC1. The van der Waals surface area contributed by atoms with Gasteiger partial charge in [-0.25, -0.2) is 0 Å². The highest BCUT2D eigenvalue weighted by Gasteiger charge is 2.27. The molecule has 5 heteroatoms. The van der Waals surface area contributed by atoms with Crippen molar-refractivity contribution in [3.05, 3.63) is 34.9 Å². The number of nitrogens with one attached hydrogen (secondary N) is 1. The Morgan fingerprint density at radius 3 is 2.50 bits per heavy atom. The number of hydrogen-bond donors (Lipinski definition) is 1. The molecule has 1 heterocycles. The monoisotopic (exact) mass is 376 g/mol. The minimum absolute atomic E-state index is 0.196. The number of hydrogen-bond acceptors (Lipinski definition) is 2. The Morgan fingerprint density at radius 1 is 1.08 bits per heavy atom. The Bertz CT molecular complexity index is 620. The van der Waals surface area contributed by atoms with Gasteiger partial charge in [0.15, 0.2) is 0 Å². The van der Waals surface area contributed by atoms with Crippen LogP contribution in [0.15, 0.2) is 24.3 Å². The molecule has 2 aliphatic rings. The summed E-state index contributed by atoms with van der Waals surface area (Å²) in [6, 6.07) is 7.91. The van der Waals surface area contributed by atoms with Gasteiger partial charge < -0.3 is 10.2 Å². The Kier molecular flexibility index (Phi) is 6.95. The van der Waals surface area contributed by atoms with Gasteiger partial charge >= 0.3 is 0 Å². The fourth-order valence-corrected chi connectivity index (χ4v) is 4.27. The number of halogens is 1. The third kappa shape index (κ3) is 5.47. The van der Waals surface area contributed by atoms with Gasteiger partial charge in [-0.3, -0.25) is 9.59 Å². The van der Waals surface area contributed by atoms with E-state index in [1.54, 1.807) is 0 Å². The molecule has 4 nitrogen and oxygen atoms in total. The van der Waals surface area contributed by atoms with Crippen LogP contribution >= 0.6 is 11.6 Å². The van der Waals surface area contributed by atoms with Crippen molar-refractivity contribution in [2.45, 2.75) is 63.8 Å². The fraction of sp³-hybridized carbons (Fsp3) is 0.619. The van der Waals surface area contributed by atoms with Crippen LogP contribution in [0.5, 0.6) is 0 Å². The molecular weight excluding hydrogens is 348 g/mol. The zero-order valence-corrected chi connectivity index (χ0v) is 16.1. The fourth-order valence-electron chi connectivity index (χ4n) is 4.06. The van der Waals surface area contributed by atoms with Crippen molar-refractivity contribution in [1.29, 1.82) is 0 Å². The Balaban J connectivity index is 1.38. The third-order valence-electron chi connectivity index (χ3n) is 5.69. The summed E-state index contributed by atoms with van der Waals surface area (Å²) in [6.07, 6.45) is 8.65. The van der Waals surface area contributed by atoms with Crippen molar-refractivity contribution in [2.75, 3.05) is 13.1 Å². The van der Waals surface area contributed by atoms with Crippen molar-refractivity contribution >= 4 is 23.4 Å². The van der Waals surface area contributed by atoms with Crippen molar-refractivity contribution in [2.24, 2.45) is 5.92 Å². The summed E-state index contributed by atoms with van der Waals surface area (Å²) in [5.74, 6) is 0.638. The lowest BCUT2D eigenvalue weighted by atomic mass is 9.88. The standard InChI is InChI=1S/C21H29ClN2O2/c22-18-8-4-5-16(15-18)9-10-20(25)24-13-11-19(12-14-24)23-21(26)17-6-2-1-3-7-17/h4-5,8,15,17,19H,1-3,6-7,9-14H2,(H,23,26). The summed E-state index contributed by atoms with van der Waals surface area (Å²) in [6.45, 7) is 1.48. The maximum Gasteiger partial charge on any atom is 0.223 e. The molecule has 0 aromatic heterocycles. The molecule has 26 heavy (non-hydrogen) atoms. The number of aryl methyl sites for hydroxylation is 1. The molecule has 1 aromatic carbocycles. The zero-order valence-electron chi connectivity index (χ0n) is 15.4. The molecule has 2 fully saturated rings. The average Bonchev–Trinajstić information content (AvgIpc) is 2.67. The number of rotatable bonds is 5. The highest BCUT2D eigenvalue weighted by Crippen LogP contribution is 2.24.